The molecule has 1 saturated heterocycles. The lowest BCUT2D eigenvalue weighted by Crippen LogP contribution is -2.26. The summed E-state index contributed by atoms with van der Waals surface area (Å²) in [7, 11) is 3.11. The molecule has 0 aliphatic carbocycles. The molecule has 2 aromatic rings. The third-order valence-corrected chi connectivity index (χ3v) is 5.25. The number of amides is 1. The number of hydrogen-bond donors (Lipinski definition) is 1. The number of nitrogens with zero attached hydrogens (tertiary/aromatic N) is 1. The van der Waals surface area contributed by atoms with Crippen LogP contribution in [0.3, 0.4) is 0 Å². The molecule has 1 aliphatic heterocycles. The van der Waals surface area contributed by atoms with E-state index in [1.165, 1.54) is 36.9 Å². The molecule has 0 atom stereocenters. The highest BCUT2D eigenvalue weighted by atomic mass is 16.5. The first-order chi connectivity index (χ1) is 13.7. The number of benzene rings is 2. The summed E-state index contributed by atoms with van der Waals surface area (Å²) in [4.78, 5) is 15.0. The number of nitrogens with one attached hydrogen (secondary N) is 1. The zero-order chi connectivity index (χ0) is 19.8. The summed E-state index contributed by atoms with van der Waals surface area (Å²) in [6.07, 6.45) is 6.03. The van der Waals surface area contributed by atoms with Crippen LogP contribution in [-0.4, -0.2) is 39.8 Å². The number of ether oxygens (including phenoxy) is 2. The molecule has 0 aromatic heterocycles. The van der Waals surface area contributed by atoms with Gasteiger partial charge >= 0.3 is 0 Å². The lowest BCUT2D eigenvalue weighted by Gasteiger charge is -2.22. The molecule has 1 aliphatic rings. The number of hydrogen-bond acceptors (Lipinski definition) is 4. The number of methoxy groups -OCH3 is 2. The second kappa shape index (κ2) is 10.0. The number of anilines is 1. The maximum atomic E-state index is 12.5. The molecule has 5 nitrogen and oxygen atoms in total. The van der Waals surface area contributed by atoms with Crippen LogP contribution in [0.4, 0.5) is 5.69 Å². The van der Waals surface area contributed by atoms with Gasteiger partial charge in [0.1, 0.15) is 0 Å². The van der Waals surface area contributed by atoms with Gasteiger partial charge in [-0.05, 0) is 49.1 Å². The fourth-order valence-electron chi connectivity index (χ4n) is 3.68. The lowest BCUT2D eigenvalue weighted by atomic mass is 10.1. The summed E-state index contributed by atoms with van der Waals surface area (Å²) in [6, 6.07) is 14.0. The summed E-state index contributed by atoms with van der Waals surface area (Å²) >= 11 is 0. The van der Waals surface area contributed by atoms with Gasteiger partial charge in [-0.2, -0.15) is 0 Å². The zero-order valence-electron chi connectivity index (χ0n) is 16.9. The van der Waals surface area contributed by atoms with E-state index < -0.39 is 0 Å². The van der Waals surface area contributed by atoms with Gasteiger partial charge in [-0.15, -0.1) is 0 Å². The van der Waals surface area contributed by atoms with Crippen LogP contribution in [0.1, 0.15) is 41.6 Å². The number of para-hydroxylation sites is 1. The van der Waals surface area contributed by atoms with E-state index >= 15 is 0 Å². The van der Waals surface area contributed by atoms with Crippen LogP contribution in [0.2, 0.25) is 0 Å². The largest absolute Gasteiger partial charge is 0.493 e. The van der Waals surface area contributed by atoms with Crippen LogP contribution in [0.5, 0.6) is 11.5 Å². The van der Waals surface area contributed by atoms with Gasteiger partial charge in [-0.25, -0.2) is 0 Å². The molecule has 1 amide bonds. The zero-order valence-corrected chi connectivity index (χ0v) is 16.9. The van der Waals surface area contributed by atoms with E-state index in [9.17, 15) is 4.79 Å². The normalized spacial score (nSPS) is 14.3. The molecular weight excluding hydrogens is 352 g/mol. The number of carbonyl (C=O) groups is 1. The van der Waals surface area contributed by atoms with Crippen molar-refractivity contribution >= 4 is 11.6 Å². The Morgan fingerprint density at radius 2 is 1.68 bits per heavy atom. The molecule has 0 spiro atoms. The molecule has 150 valence electrons. The SMILES string of the molecule is COc1cccc(C(=O)NCCc2ccc(N3CCCCCC3)cc2)c1OC. The highest BCUT2D eigenvalue weighted by Gasteiger charge is 2.16. The lowest BCUT2D eigenvalue weighted by molar-refractivity contribution is 0.0950. The molecule has 0 radical (unpaired) electrons. The summed E-state index contributed by atoms with van der Waals surface area (Å²) in [5.74, 6) is 0.862. The van der Waals surface area contributed by atoms with E-state index in [1.54, 1.807) is 32.4 Å². The molecule has 1 heterocycles. The number of carbonyl (C=O) groups excluding carboxylic acids is 1. The summed E-state index contributed by atoms with van der Waals surface area (Å²) in [6.45, 7) is 2.87. The minimum Gasteiger partial charge on any atom is -0.493 e. The van der Waals surface area contributed by atoms with Crippen molar-refractivity contribution in [2.75, 3.05) is 38.8 Å². The van der Waals surface area contributed by atoms with E-state index in [4.69, 9.17) is 9.47 Å². The molecule has 0 bridgehead atoms. The predicted molar refractivity (Wildman–Crippen MR) is 113 cm³/mol. The topological polar surface area (TPSA) is 50.8 Å². The molecule has 28 heavy (non-hydrogen) atoms. The quantitative estimate of drug-likeness (QED) is 0.785. The van der Waals surface area contributed by atoms with Crippen LogP contribution < -0.4 is 19.7 Å². The Morgan fingerprint density at radius 1 is 0.964 bits per heavy atom. The molecule has 2 aromatic carbocycles. The average molecular weight is 383 g/mol. The van der Waals surface area contributed by atoms with Gasteiger partial charge in [0.25, 0.3) is 5.91 Å². The fourth-order valence-corrected chi connectivity index (χ4v) is 3.68. The van der Waals surface area contributed by atoms with Gasteiger partial charge < -0.3 is 19.7 Å². The highest BCUT2D eigenvalue weighted by Crippen LogP contribution is 2.30. The van der Waals surface area contributed by atoms with Crippen molar-refractivity contribution in [1.82, 2.24) is 5.32 Å². The third-order valence-electron chi connectivity index (χ3n) is 5.25. The second-order valence-electron chi connectivity index (χ2n) is 7.11. The van der Waals surface area contributed by atoms with Crippen LogP contribution in [0.25, 0.3) is 0 Å². The Kier molecular flexibility index (Phi) is 7.18. The Bertz CT molecular complexity index is 766. The molecular formula is C23H30N2O3. The van der Waals surface area contributed by atoms with Crippen LogP contribution in [-0.2, 0) is 6.42 Å². The maximum Gasteiger partial charge on any atom is 0.255 e. The Hall–Kier alpha value is -2.69. The van der Waals surface area contributed by atoms with Crippen molar-refractivity contribution in [3.05, 3.63) is 53.6 Å². The fraction of sp³-hybridized carbons (Fsp3) is 0.435. The van der Waals surface area contributed by atoms with Crippen molar-refractivity contribution in [3.63, 3.8) is 0 Å². The van der Waals surface area contributed by atoms with Gasteiger partial charge in [0.2, 0.25) is 0 Å². The van der Waals surface area contributed by atoms with Crippen LogP contribution in [0, 0.1) is 0 Å². The first-order valence-corrected chi connectivity index (χ1v) is 10.1. The van der Waals surface area contributed by atoms with E-state index in [0.717, 1.165) is 19.5 Å². The molecule has 1 fully saturated rings. The smallest absolute Gasteiger partial charge is 0.255 e. The Balaban J connectivity index is 1.54. The van der Waals surface area contributed by atoms with Crippen molar-refractivity contribution < 1.29 is 14.3 Å². The standard InChI is InChI=1S/C23H30N2O3/c1-27-21-9-7-8-20(22(21)28-2)23(26)24-15-14-18-10-12-19(13-11-18)25-16-5-3-4-6-17-25/h7-13H,3-6,14-17H2,1-2H3,(H,24,26). The van der Waals surface area contributed by atoms with Gasteiger partial charge in [-0.3, -0.25) is 4.79 Å². The van der Waals surface area contributed by atoms with Crippen molar-refractivity contribution in [1.29, 1.82) is 0 Å². The van der Waals surface area contributed by atoms with E-state index in [2.05, 4.69) is 34.5 Å². The predicted octanol–water partition coefficient (Wildman–Crippen LogP) is 4.06. The Labute approximate surface area is 167 Å². The average Bonchev–Trinajstić information content (AvgIpc) is 3.03. The van der Waals surface area contributed by atoms with Crippen LogP contribution in [0.15, 0.2) is 42.5 Å². The molecule has 1 N–H and O–H groups in total. The molecule has 5 heteroatoms. The summed E-state index contributed by atoms with van der Waals surface area (Å²) in [5, 5.41) is 2.97. The molecule has 0 unspecified atom stereocenters. The van der Waals surface area contributed by atoms with Crippen molar-refractivity contribution in [2.45, 2.75) is 32.1 Å². The minimum absolute atomic E-state index is 0.156. The van der Waals surface area contributed by atoms with Gasteiger partial charge in [-0.1, -0.05) is 31.0 Å². The van der Waals surface area contributed by atoms with Crippen LogP contribution >= 0.6 is 0 Å². The van der Waals surface area contributed by atoms with Gasteiger partial charge in [0, 0.05) is 25.3 Å². The van der Waals surface area contributed by atoms with E-state index in [-0.39, 0.29) is 5.91 Å². The number of rotatable bonds is 7. The summed E-state index contributed by atoms with van der Waals surface area (Å²) < 4.78 is 10.6. The van der Waals surface area contributed by atoms with E-state index in [0.29, 0.717) is 23.6 Å². The maximum absolute atomic E-state index is 12.5. The van der Waals surface area contributed by atoms with Crippen molar-refractivity contribution in [3.8, 4) is 11.5 Å². The Morgan fingerprint density at radius 3 is 2.32 bits per heavy atom. The second-order valence-corrected chi connectivity index (χ2v) is 7.11. The summed E-state index contributed by atoms with van der Waals surface area (Å²) in [5.41, 5.74) is 3.01. The molecule has 3 rings (SSSR count). The first kappa shape index (κ1) is 20.1. The monoisotopic (exact) mass is 382 g/mol. The van der Waals surface area contributed by atoms with Crippen molar-refractivity contribution in [2.24, 2.45) is 0 Å². The third kappa shape index (κ3) is 4.97. The van der Waals surface area contributed by atoms with E-state index in [1.807, 2.05) is 0 Å². The first-order valence-electron chi connectivity index (χ1n) is 10.1. The van der Waals surface area contributed by atoms with Gasteiger partial charge in [0.15, 0.2) is 11.5 Å². The minimum atomic E-state index is -0.156. The molecule has 0 saturated carbocycles. The van der Waals surface area contributed by atoms with Gasteiger partial charge in [0.05, 0.1) is 19.8 Å². The highest BCUT2D eigenvalue weighted by molar-refractivity contribution is 5.97.